The number of thiophene rings is 2. The van der Waals surface area contributed by atoms with Gasteiger partial charge in [0.2, 0.25) is 0 Å². The molecule has 0 fully saturated rings. The molecule has 1 aliphatic rings. The second kappa shape index (κ2) is 10.3. The molecule has 0 bridgehead atoms. The predicted molar refractivity (Wildman–Crippen MR) is 210 cm³/mol. The number of rotatable bonds is 3. The van der Waals surface area contributed by atoms with E-state index in [1.807, 2.05) is 11.3 Å². The molecule has 1 aliphatic heterocycles. The van der Waals surface area contributed by atoms with Gasteiger partial charge in [0.15, 0.2) is 5.82 Å². The van der Waals surface area contributed by atoms with Crippen molar-refractivity contribution in [3.8, 4) is 33.8 Å². The maximum Gasteiger partial charge on any atom is 0.162 e. The zero-order chi connectivity index (χ0) is 32.1. The van der Waals surface area contributed by atoms with Crippen LogP contribution in [0.1, 0.15) is 0 Å². The SMILES string of the molecule is c1ccc(N2c3ccccc3-c3cccc4cccc2c34)c(-c2nc(-c3cccc4c3sc3ccccc34)c3sc4ccccc4c3n2)c1. The Morgan fingerprint density at radius 3 is 1.84 bits per heavy atom. The van der Waals surface area contributed by atoms with Crippen LogP contribution in [0.4, 0.5) is 17.1 Å². The minimum absolute atomic E-state index is 0.725. The number of nitrogens with zero attached hydrogens (tertiary/aromatic N) is 3. The van der Waals surface area contributed by atoms with Crippen molar-refractivity contribution in [1.29, 1.82) is 0 Å². The predicted octanol–water partition coefficient (Wildman–Crippen LogP) is 13.1. The van der Waals surface area contributed by atoms with Crippen LogP contribution in [0.3, 0.4) is 0 Å². The number of anilines is 3. The summed E-state index contributed by atoms with van der Waals surface area (Å²) in [5, 5.41) is 6.21. The molecule has 7 aromatic carbocycles. The first-order valence-electron chi connectivity index (χ1n) is 16.4. The van der Waals surface area contributed by atoms with Crippen LogP contribution in [0.2, 0.25) is 0 Å². The average Bonchev–Trinajstić information content (AvgIpc) is 3.74. The second-order valence-corrected chi connectivity index (χ2v) is 14.6. The standard InChI is InChI=1S/C44H25N3S2/c1-5-21-34-27(14-1)29-18-9-12-26-13-10-23-36(39(26)29)47(34)35-22-6-2-16-31(35)44-45-40-32-17-4-8-25-38(32)49-43(40)41(46-44)33-20-11-19-30-28-15-3-7-24-37(28)48-42(30)33/h1-25H. The minimum atomic E-state index is 0.725. The Morgan fingerprint density at radius 2 is 0.980 bits per heavy atom. The molecule has 3 aromatic heterocycles. The first-order chi connectivity index (χ1) is 24.3. The van der Waals surface area contributed by atoms with Gasteiger partial charge in [0.05, 0.1) is 33.0 Å². The van der Waals surface area contributed by atoms with Crippen LogP contribution >= 0.6 is 22.7 Å². The van der Waals surface area contributed by atoms with E-state index in [0.29, 0.717) is 0 Å². The van der Waals surface area contributed by atoms with E-state index < -0.39 is 0 Å². The zero-order valence-electron chi connectivity index (χ0n) is 26.1. The van der Waals surface area contributed by atoms with Gasteiger partial charge in [-0.3, -0.25) is 0 Å². The van der Waals surface area contributed by atoms with Crippen LogP contribution in [0.15, 0.2) is 152 Å². The number of hydrogen-bond acceptors (Lipinski definition) is 5. The number of fused-ring (bicyclic) bond motifs is 8. The highest BCUT2D eigenvalue weighted by Crippen LogP contribution is 2.53. The molecular weight excluding hydrogens is 635 g/mol. The molecular formula is C44H25N3S2. The molecule has 0 aliphatic carbocycles. The Balaban J connectivity index is 1.22. The summed E-state index contributed by atoms with van der Waals surface area (Å²) < 4.78 is 4.88. The van der Waals surface area contributed by atoms with E-state index in [-0.39, 0.29) is 0 Å². The van der Waals surface area contributed by atoms with E-state index >= 15 is 0 Å². The van der Waals surface area contributed by atoms with Crippen molar-refractivity contribution in [2.75, 3.05) is 4.90 Å². The van der Waals surface area contributed by atoms with Crippen LogP contribution in [0.25, 0.3) is 85.0 Å². The van der Waals surface area contributed by atoms with Gasteiger partial charge in [0, 0.05) is 52.3 Å². The summed E-state index contributed by atoms with van der Waals surface area (Å²) in [6.45, 7) is 0. The highest BCUT2D eigenvalue weighted by atomic mass is 32.1. The van der Waals surface area contributed by atoms with Crippen molar-refractivity contribution in [2.24, 2.45) is 0 Å². The average molecular weight is 660 g/mol. The molecule has 0 radical (unpaired) electrons. The quantitative estimate of drug-likeness (QED) is 0.189. The van der Waals surface area contributed by atoms with Crippen molar-refractivity contribution in [1.82, 2.24) is 9.97 Å². The van der Waals surface area contributed by atoms with Crippen LogP contribution in [-0.4, -0.2) is 9.97 Å². The summed E-state index contributed by atoms with van der Waals surface area (Å²) in [6.07, 6.45) is 0. The van der Waals surface area contributed by atoms with E-state index in [4.69, 9.17) is 9.97 Å². The third kappa shape index (κ3) is 3.88. The maximum atomic E-state index is 5.54. The van der Waals surface area contributed by atoms with Gasteiger partial charge in [-0.1, -0.05) is 115 Å². The summed E-state index contributed by atoms with van der Waals surface area (Å²) in [7, 11) is 0. The molecule has 0 spiro atoms. The number of aromatic nitrogens is 2. The third-order valence-corrected chi connectivity index (χ3v) is 12.2. The molecule has 5 heteroatoms. The van der Waals surface area contributed by atoms with E-state index in [1.54, 1.807) is 11.3 Å². The van der Waals surface area contributed by atoms with E-state index in [2.05, 4.69) is 157 Å². The van der Waals surface area contributed by atoms with E-state index in [0.717, 1.165) is 55.3 Å². The first-order valence-corrected chi connectivity index (χ1v) is 18.1. The molecule has 49 heavy (non-hydrogen) atoms. The second-order valence-electron chi connectivity index (χ2n) is 12.5. The first kappa shape index (κ1) is 27.1. The topological polar surface area (TPSA) is 29.0 Å². The lowest BCUT2D eigenvalue weighted by atomic mass is 9.90. The van der Waals surface area contributed by atoms with Crippen LogP contribution < -0.4 is 4.90 Å². The molecule has 3 nitrogen and oxygen atoms in total. The summed E-state index contributed by atoms with van der Waals surface area (Å²) >= 11 is 3.63. The van der Waals surface area contributed by atoms with Crippen LogP contribution in [-0.2, 0) is 0 Å². The van der Waals surface area contributed by atoms with Crippen molar-refractivity contribution < 1.29 is 0 Å². The van der Waals surface area contributed by atoms with E-state index in [9.17, 15) is 0 Å². The third-order valence-electron chi connectivity index (χ3n) is 9.82. The molecule has 0 saturated carbocycles. The normalized spacial score (nSPS) is 12.4. The van der Waals surface area contributed by atoms with Crippen molar-refractivity contribution in [3.63, 3.8) is 0 Å². The molecule has 0 atom stereocenters. The summed E-state index contributed by atoms with van der Waals surface area (Å²) in [5.74, 6) is 0.725. The zero-order valence-corrected chi connectivity index (χ0v) is 27.7. The van der Waals surface area contributed by atoms with Crippen molar-refractivity contribution in [2.45, 2.75) is 0 Å². The van der Waals surface area contributed by atoms with Gasteiger partial charge in [-0.25, -0.2) is 9.97 Å². The van der Waals surface area contributed by atoms with Gasteiger partial charge in [-0.2, -0.15) is 0 Å². The Labute approximate surface area is 290 Å². The fourth-order valence-corrected chi connectivity index (χ4v) is 10.1. The van der Waals surface area contributed by atoms with E-state index in [1.165, 1.54) is 46.8 Å². The molecule has 0 amide bonds. The summed E-state index contributed by atoms with van der Waals surface area (Å²) in [6, 6.07) is 54.5. The Morgan fingerprint density at radius 1 is 0.408 bits per heavy atom. The van der Waals surface area contributed by atoms with Gasteiger partial charge in [0.25, 0.3) is 0 Å². The molecule has 228 valence electrons. The summed E-state index contributed by atoms with van der Waals surface area (Å²) in [5.41, 5.74) is 9.99. The van der Waals surface area contributed by atoms with Gasteiger partial charge in [-0.15, -0.1) is 22.7 Å². The molecule has 0 N–H and O–H groups in total. The summed E-state index contributed by atoms with van der Waals surface area (Å²) in [4.78, 5) is 13.4. The highest BCUT2D eigenvalue weighted by Gasteiger charge is 2.28. The molecule has 0 saturated heterocycles. The maximum absolute atomic E-state index is 5.54. The lowest BCUT2D eigenvalue weighted by molar-refractivity contribution is 1.22. The number of hydrogen-bond donors (Lipinski definition) is 0. The van der Waals surface area contributed by atoms with Crippen molar-refractivity contribution in [3.05, 3.63) is 152 Å². The molecule has 4 heterocycles. The van der Waals surface area contributed by atoms with Crippen LogP contribution in [0, 0.1) is 0 Å². The molecule has 11 rings (SSSR count). The number of benzene rings is 7. The van der Waals surface area contributed by atoms with Crippen LogP contribution in [0.5, 0.6) is 0 Å². The van der Waals surface area contributed by atoms with Gasteiger partial charge in [-0.05, 0) is 47.3 Å². The smallest absolute Gasteiger partial charge is 0.162 e. The monoisotopic (exact) mass is 659 g/mol. The lowest BCUT2D eigenvalue weighted by Crippen LogP contribution is -2.16. The molecule has 0 unspecified atom stereocenters. The van der Waals surface area contributed by atoms with Gasteiger partial charge in [0.1, 0.15) is 0 Å². The number of para-hydroxylation sites is 2. The fourth-order valence-electron chi connectivity index (χ4n) is 7.70. The van der Waals surface area contributed by atoms with Gasteiger partial charge < -0.3 is 4.90 Å². The lowest BCUT2D eigenvalue weighted by Gasteiger charge is -2.34. The minimum Gasteiger partial charge on any atom is -0.308 e. The Bertz CT molecular complexity index is 2970. The molecule has 10 aromatic rings. The fraction of sp³-hybridized carbons (Fsp3) is 0. The Kier molecular flexibility index (Phi) is 5.70. The highest BCUT2D eigenvalue weighted by molar-refractivity contribution is 7.27. The largest absolute Gasteiger partial charge is 0.308 e. The van der Waals surface area contributed by atoms with Gasteiger partial charge >= 0.3 is 0 Å². The Hall–Kier alpha value is -5.88. The van der Waals surface area contributed by atoms with Crippen molar-refractivity contribution >= 4 is 91.0 Å².